The molecule has 178 valence electrons. The summed E-state index contributed by atoms with van der Waals surface area (Å²) in [5, 5.41) is 20.9. The van der Waals surface area contributed by atoms with Crippen molar-refractivity contribution in [3.05, 3.63) is 33.8 Å². The first kappa shape index (κ1) is 23.0. The third-order valence-electron chi connectivity index (χ3n) is 5.67. The van der Waals surface area contributed by atoms with Gasteiger partial charge in [-0.15, -0.1) is 0 Å². The third-order valence-corrected chi connectivity index (χ3v) is 5.67. The Morgan fingerprint density at radius 1 is 1.18 bits per heavy atom. The lowest BCUT2D eigenvalue weighted by molar-refractivity contribution is -0.117. The molecule has 1 aliphatic carbocycles. The highest BCUT2D eigenvalue weighted by Crippen LogP contribution is 2.27. The van der Waals surface area contributed by atoms with Gasteiger partial charge in [-0.05, 0) is 37.2 Å². The van der Waals surface area contributed by atoms with E-state index in [2.05, 4.69) is 15.7 Å². The number of nitrogens with zero attached hydrogens (tertiary/aromatic N) is 3. The van der Waals surface area contributed by atoms with E-state index < -0.39 is 17.3 Å². The molecular weight excluding hydrogens is 426 g/mol. The summed E-state index contributed by atoms with van der Waals surface area (Å²) in [7, 11) is 0. The van der Waals surface area contributed by atoms with Crippen molar-refractivity contribution in [1.29, 1.82) is 0 Å². The number of carbonyl (C=O) groups excluding carboxylic acids is 2. The second-order valence-corrected chi connectivity index (χ2v) is 9.96. The van der Waals surface area contributed by atoms with Gasteiger partial charge in [0.15, 0.2) is 5.56 Å². The van der Waals surface area contributed by atoms with E-state index in [1.54, 1.807) is 6.08 Å². The van der Waals surface area contributed by atoms with Crippen molar-refractivity contribution >= 4 is 23.5 Å². The highest BCUT2D eigenvalue weighted by molar-refractivity contribution is 5.97. The summed E-state index contributed by atoms with van der Waals surface area (Å²) in [6.07, 6.45) is 7.66. The van der Waals surface area contributed by atoms with Crippen molar-refractivity contribution in [1.82, 2.24) is 24.8 Å². The fraction of sp³-hybridized carbons (Fsp3) is 0.565. The van der Waals surface area contributed by atoms with Gasteiger partial charge in [-0.25, -0.2) is 0 Å². The van der Waals surface area contributed by atoms with Gasteiger partial charge in [0.1, 0.15) is 5.65 Å². The van der Waals surface area contributed by atoms with Gasteiger partial charge in [-0.1, -0.05) is 20.8 Å². The van der Waals surface area contributed by atoms with Crippen molar-refractivity contribution in [2.75, 3.05) is 13.2 Å². The van der Waals surface area contributed by atoms with Crippen LogP contribution in [0, 0.1) is 5.41 Å². The van der Waals surface area contributed by atoms with Gasteiger partial charge >= 0.3 is 0 Å². The summed E-state index contributed by atoms with van der Waals surface area (Å²) in [6, 6.07) is 0.101. The molecule has 0 radical (unpaired) electrons. The highest BCUT2D eigenvalue weighted by Gasteiger charge is 2.30. The van der Waals surface area contributed by atoms with Crippen LogP contribution in [0.2, 0.25) is 0 Å². The summed E-state index contributed by atoms with van der Waals surface area (Å²) < 4.78 is 7.94. The smallest absolute Gasteiger partial charge is 0.291 e. The fourth-order valence-corrected chi connectivity index (χ4v) is 3.89. The number of rotatable bonds is 6. The highest BCUT2D eigenvalue weighted by atomic mass is 16.5. The monoisotopic (exact) mass is 457 g/mol. The van der Waals surface area contributed by atoms with Crippen LogP contribution in [0.5, 0.6) is 5.88 Å². The standard InChI is InChI=1S/C23H31N5O5/c1-23(2,3)13-27-20-14(4-7-17(29)25-16-8-10-33-11-9-16)12-24-28(20)22(32)18(21(27)31)19(30)26-15-5-6-15/h4,7,12,15-16,31H,5-6,8-11,13H2,1-3H3,(H,25,29)(H,26,30)/b7-4+. The van der Waals surface area contributed by atoms with Crippen LogP contribution in [0.15, 0.2) is 17.1 Å². The van der Waals surface area contributed by atoms with Crippen molar-refractivity contribution in [2.45, 2.75) is 65.1 Å². The third kappa shape index (κ3) is 5.27. The SMILES string of the molecule is CC(C)(C)Cn1c(O)c(C(=O)NC2CC2)c(=O)n2ncc(/C=C/C(=O)NC3CCOCC3)c12. The van der Waals surface area contributed by atoms with E-state index >= 15 is 0 Å². The number of ether oxygens (including phenoxy) is 1. The van der Waals surface area contributed by atoms with Gasteiger partial charge in [0.25, 0.3) is 11.5 Å². The van der Waals surface area contributed by atoms with Crippen LogP contribution in [0.4, 0.5) is 0 Å². The molecule has 1 aliphatic heterocycles. The molecule has 2 aromatic heterocycles. The molecule has 0 aromatic carbocycles. The van der Waals surface area contributed by atoms with Gasteiger partial charge < -0.3 is 20.5 Å². The van der Waals surface area contributed by atoms with E-state index in [1.807, 2.05) is 20.8 Å². The Kier molecular flexibility index (Phi) is 6.29. The maximum Gasteiger partial charge on any atom is 0.291 e. The zero-order chi connectivity index (χ0) is 23.8. The molecule has 0 spiro atoms. The van der Waals surface area contributed by atoms with Crippen LogP contribution in [0.1, 0.15) is 62.4 Å². The predicted molar refractivity (Wildman–Crippen MR) is 122 cm³/mol. The van der Waals surface area contributed by atoms with Crippen molar-refractivity contribution in [3.8, 4) is 5.88 Å². The van der Waals surface area contributed by atoms with Crippen molar-refractivity contribution in [3.63, 3.8) is 0 Å². The Labute approximate surface area is 191 Å². The lowest BCUT2D eigenvalue weighted by Gasteiger charge is -2.23. The average molecular weight is 458 g/mol. The molecule has 3 N–H and O–H groups in total. The molecule has 0 bridgehead atoms. The van der Waals surface area contributed by atoms with Crippen LogP contribution in [0.25, 0.3) is 11.7 Å². The zero-order valence-corrected chi connectivity index (χ0v) is 19.3. The van der Waals surface area contributed by atoms with Gasteiger partial charge in [-0.3, -0.25) is 19.0 Å². The lowest BCUT2D eigenvalue weighted by atomic mass is 9.96. The number of carbonyl (C=O) groups is 2. The van der Waals surface area contributed by atoms with E-state index in [0.717, 1.165) is 30.2 Å². The van der Waals surface area contributed by atoms with Crippen molar-refractivity contribution < 1.29 is 19.4 Å². The molecule has 0 atom stereocenters. The van der Waals surface area contributed by atoms with E-state index in [1.165, 1.54) is 16.8 Å². The number of hydrogen-bond acceptors (Lipinski definition) is 6. The molecule has 10 nitrogen and oxygen atoms in total. The Balaban J connectivity index is 1.71. The van der Waals surface area contributed by atoms with Gasteiger partial charge in [-0.2, -0.15) is 9.61 Å². The van der Waals surface area contributed by atoms with Gasteiger partial charge in [0, 0.05) is 43.5 Å². The normalized spacial score (nSPS) is 17.5. The Bertz CT molecular complexity index is 1150. The molecule has 1 saturated carbocycles. The number of amides is 2. The van der Waals surface area contributed by atoms with E-state index in [4.69, 9.17) is 4.74 Å². The fourth-order valence-electron chi connectivity index (χ4n) is 3.89. The van der Waals surface area contributed by atoms with Crippen molar-refractivity contribution in [2.24, 2.45) is 5.41 Å². The number of aromatic nitrogens is 3. The molecule has 2 aliphatic rings. The summed E-state index contributed by atoms with van der Waals surface area (Å²) in [6.45, 7) is 7.52. The van der Waals surface area contributed by atoms with Crippen LogP contribution in [-0.2, 0) is 16.1 Å². The molecule has 3 heterocycles. The van der Waals surface area contributed by atoms with Crippen LogP contribution in [0.3, 0.4) is 0 Å². The number of nitrogens with one attached hydrogen (secondary N) is 2. The molecule has 4 rings (SSSR count). The van der Waals surface area contributed by atoms with Gasteiger partial charge in [0.05, 0.1) is 6.20 Å². The second-order valence-electron chi connectivity index (χ2n) is 9.96. The predicted octanol–water partition coefficient (Wildman–Crippen LogP) is 1.45. The maximum atomic E-state index is 13.1. The zero-order valence-electron chi connectivity index (χ0n) is 19.3. The van der Waals surface area contributed by atoms with Gasteiger partial charge in [0.2, 0.25) is 11.8 Å². The topological polar surface area (TPSA) is 127 Å². The number of aromatic hydroxyl groups is 1. The second kappa shape index (κ2) is 9.01. The first-order chi connectivity index (χ1) is 15.6. The Hall–Kier alpha value is -3.14. The maximum absolute atomic E-state index is 13.1. The van der Waals surface area contributed by atoms with E-state index in [-0.39, 0.29) is 29.0 Å². The van der Waals surface area contributed by atoms with Crippen LogP contribution < -0.4 is 16.2 Å². The lowest BCUT2D eigenvalue weighted by Crippen LogP contribution is -2.37. The Morgan fingerprint density at radius 3 is 2.48 bits per heavy atom. The minimum atomic E-state index is -0.697. The molecule has 33 heavy (non-hydrogen) atoms. The molecule has 2 amide bonds. The first-order valence-corrected chi connectivity index (χ1v) is 11.3. The molecule has 2 aromatic rings. The van der Waals surface area contributed by atoms with E-state index in [9.17, 15) is 19.5 Å². The van der Waals surface area contributed by atoms with Crippen LogP contribution >= 0.6 is 0 Å². The largest absolute Gasteiger partial charge is 0.494 e. The Morgan fingerprint density at radius 2 is 1.85 bits per heavy atom. The number of hydrogen-bond donors (Lipinski definition) is 3. The molecular formula is C23H31N5O5. The minimum Gasteiger partial charge on any atom is -0.494 e. The quantitative estimate of drug-likeness (QED) is 0.564. The van der Waals surface area contributed by atoms with E-state index in [0.29, 0.717) is 31.0 Å². The molecule has 0 unspecified atom stereocenters. The van der Waals surface area contributed by atoms with Crippen LogP contribution in [-0.4, -0.2) is 56.4 Å². The number of fused-ring (bicyclic) bond motifs is 1. The average Bonchev–Trinajstić information content (AvgIpc) is 3.45. The summed E-state index contributed by atoms with van der Waals surface area (Å²) >= 11 is 0. The first-order valence-electron chi connectivity index (χ1n) is 11.3. The summed E-state index contributed by atoms with van der Waals surface area (Å²) in [5.74, 6) is -1.26. The molecule has 10 heteroatoms. The minimum absolute atomic E-state index is 0.0356. The molecule has 2 fully saturated rings. The molecule has 1 saturated heterocycles. The summed E-state index contributed by atoms with van der Waals surface area (Å²) in [4.78, 5) is 38.2. The summed E-state index contributed by atoms with van der Waals surface area (Å²) in [5.41, 5.74) is -0.483.